The van der Waals surface area contributed by atoms with Gasteiger partial charge in [-0.3, -0.25) is 14.4 Å². The van der Waals surface area contributed by atoms with Gasteiger partial charge in [-0.05, 0) is 25.0 Å². The second-order valence-corrected chi connectivity index (χ2v) is 7.66. The first-order chi connectivity index (χ1) is 12.8. The van der Waals surface area contributed by atoms with E-state index >= 15 is 0 Å². The highest BCUT2D eigenvalue weighted by atomic mass is 35.5. The van der Waals surface area contributed by atoms with Gasteiger partial charge in [0.2, 0.25) is 11.8 Å². The zero-order chi connectivity index (χ0) is 20.1. The maximum Gasteiger partial charge on any atom is 0.255 e. The van der Waals surface area contributed by atoms with Crippen LogP contribution in [0.2, 0.25) is 5.02 Å². The second kappa shape index (κ2) is 9.22. The van der Waals surface area contributed by atoms with Gasteiger partial charge < -0.3 is 15.1 Å². The molecule has 0 saturated carbocycles. The van der Waals surface area contributed by atoms with Gasteiger partial charge in [0.05, 0.1) is 10.6 Å². The van der Waals surface area contributed by atoms with Gasteiger partial charge in [-0.15, -0.1) is 0 Å². The minimum Gasteiger partial charge on any atom is -0.344 e. The molecule has 1 N–H and O–H groups in total. The molecule has 0 radical (unpaired) electrons. The van der Waals surface area contributed by atoms with Crippen LogP contribution in [0.1, 0.15) is 44.5 Å². The number of nitrogens with zero attached hydrogens (tertiary/aromatic N) is 2. The molecule has 2 unspecified atom stereocenters. The molecule has 0 bridgehead atoms. The average Bonchev–Trinajstić information content (AvgIpc) is 2.64. The van der Waals surface area contributed by atoms with E-state index in [0.717, 1.165) is 0 Å². The highest BCUT2D eigenvalue weighted by molar-refractivity contribution is 6.33. The van der Waals surface area contributed by atoms with Gasteiger partial charge in [0, 0.05) is 32.1 Å². The molecule has 7 heteroatoms. The van der Waals surface area contributed by atoms with Crippen molar-refractivity contribution in [3.8, 4) is 0 Å². The molecule has 1 aromatic rings. The number of halogens is 1. The van der Waals surface area contributed by atoms with Crippen molar-refractivity contribution in [1.82, 2.24) is 15.1 Å². The van der Waals surface area contributed by atoms with Crippen molar-refractivity contribution in [2.45, 2.75) is 46.2 Å². The highest BCUT2D eigenvalue weighted by Gasteiger charge is 2.35. The quantitative estimate of drug-likeness (QED) is 0.835. The summed E-state index contributed by atoms with van der Waals surface area (Å²) >= 11 is 6.15. The highest BCUT2D eigenvalue weighted by Crippen LogP contribution is 2.21. The molecular formula is C20H28ClN3O3. The van der Waals surface area contributed by atoms with Crippen molar-refractivity contribution in [2.75, 3.05) is 19.6 Å². The first-order valence-electron chi connectivity index (χ1n) is 9.39. The summed E-state index contributed by atoms with van der Waals surface area (Å²) in [4.78, 5) is 41.0. The number of nitrogens with one attached hydrogen (secondary N) is 1. The average molecular weight is 394 g/mol. The van der Waals surface area contributed by atoms with Gasteiger partial charge in [0.1, 0.15) is 6.04 Å². The maximum absolute atomic E-state index is 12.9. The van der Waals surface area contributed by atoms with Crippen LogP contribution in [-0.4, -0.2) is 59.2 Å². The molecule has 148 valence electrons. The summed E-state index contributed by atoms with van der Waals surface area (Å²) in [6, 6.07) is 6.30. The Bertz CT molecular complexity index is 707. The normalized spacial score (nSPS) is 18.4. The Labute approximate surface area is 165 Å². The van der Waals surface area contributed by atoms with Crippen LogP contribution in [0, 0.1) is 5.92 Å². The van der Waals surface area contributed by atoms with Crippen LogP contribution < -0.4 is 5.32 Å². The lowest BCUT2D eigenvalue weighted by Crippen LogP contribution is -2.59. The molecule has 1 aromatic carbocycles. The van der Waals surface area contributed by atoms with Crippen LogP contribution >= 0.6 is 11.6 Å². The van der Waals surface area contributed by atoms with Gasteiger partial charge >= 0.3 is 0 Å². The van der Waals surface area contributed by atoms with E-state index < -0.39 is 6.04 Å². The molecule has 6 nitrogen and oxygen atoms in total. The van der Waals surface area contributed by atoms with Crippen molar-refractivity contribution in [1.29, 1.82) is 0 Å². The molecule has 27 heavy (non-hydrogen) atoms. The molecule has 2 atom stereocenters. The molecule has 1 aliphatic heterocycles. The number of piperazine rings is 1. The monoisotopic (exact) mass is 393 g/mol. The molecule has 2 rings (SSSR count). The summed E-state index contributed by atoms with van der Waals surface area (Å²) in [5.41, 5.74) is 0.473. The van der Waals surface area contributed by atoms with E-state index in [1.54, 1.807) is 41.0 Å². The number of amides is 3. The first-order valence-corrected chi connectivity index (χ1v) is 9.77. The van der Waals surface area contributed by atoms with Crippen molar-refractivity contribution < 1.29 is 14.4 Å². The number of carbonyl (C=O) groups excluding carboxylic acids is 3. The lowest BCUT2D eigenvalue weighted by molar-refractivity contribution is -0.139. The Balaban J connectivity index is 2.07. The molecule has 0 aliphatic carbocycles. The van der Waals surface area contributed by atoms with E-state index in [1.807, 2.05) is 20.8 Å². The molecule has 1 heterocycles. The van der Waals surface area contributed by atoms with Gasteiger partial charge in [0.15, 0.2) is 0 Å². The Morgan fingerprint density at radius 1 is 1.22 bits per heavy atom. The third-order valence-electron chi connectivity index (χ3n) is 4.87. The lowest BCUT2D eigenvalue weighted by Gasteiger charge is -2.41. The summed E-state index contributed by atoms with van der Waals surface area (Å²) in [7, 11) is 0. The van der Waals surface area contributed by atoms with E-state index in [0.29, 0.717) is 36.6 Å². The molecule has 0 aromatic heterocycles. The minimum absolute atomic E-state index is 0.00825. The summed E-state index contributed by atoms with van der Waals surface area (Å²) < 4.78 is 0. The number of benzene rings is 1. The third-order valence-corrected chi connectivity index (χ3v) is 5.20. The van der Waals surface area contributed by atoms with E-state index in [-0.39, 0.29) is 29.7 Å². The Morgan fingerprint density at radius 3 is 2.44 bits per heavy atom. The Kier molecular flexibility index (Phi) is 7.25. The van der Waals surface area contributed by atoms with Crippen LogP contribution in [0.5, 0.6) is 0 Å². The number of rotatable bonds is 5. The van der Waals surface area contributed by atoms with Crippen LogP contribution in [0.25, 0.3) is 0 Å². The van der Waals surface area contributed by atoms with E-state index in [1.165, 1.54) is 0 Å². The van der Waals surface area contributed by atoms with Crippen molar-refractivity contribution in [2.24, 2.45) is 5.92 Å². The SMILES string of the molecule is CCC(=O)NC(C(=O)N1CCN(C(=O)c2ccccc2Cl)C(C)C1)C(C)C. The van der Waals surface area contributed by atoms with Crippen molar-refractivity contribution >= 4 is 29.3 Å². The van der Waals surface area contributed by atoms with Crippen LogP contribution in [0.3, 0.4) is 0 Å². The van der Waals surface area contributed by atoms with Crippen molar-refractivity contribution in [3.63, 3.8) is 0 Å². The van der Waals surface area contributed by atoms with Gasteiger partial charge in [-0.1, -0.05) is 44.5 Å². The van der Waals surface area contributed by atoms with E-state index in [4.69, 9.17) is 11.6 Å². The fraction of sp³-hybridized carbons (Fsp3) is 0.550. The van der Waals surface area contributed by atoms with Crippen molar-refractivity contribution in [3.05, 3.63) is 34.9 Å². The molecule has 1 aliphatic rings. The Hall–Kier alpha value is -2.08. The lowest BCUT2D eigenvalue weighted by atomic mass is 10.0. The predicted molar refractivity (Wildman–Crippen MR) is 106 cm³/mol. The zero-order valence-electron chi connectivity index (χ0n) is 16.4. The molecule has 3 amide bonds. The number of carbonyl (C=O) groups is 3. The zero-order valence-corrected chi connectivity index (χ0v) is 17.1. The fourth-order valence-corrected chi connectivity index (χ4v) is 3.45. The summed E-state index contributed by atoms with van der Waals surface area (Å²) in [5, 5.41) is 3.24. The molecule has 1 saturated heterocycles. The second-order valence-electron chi connectivity index (χ2n) is 7.25. The molecule has 0 spiro atoms. The van der Waals surface area contributed by atoms with Crippen LogP contribution in [0.15, 0.2) is 24.3 Å². The van der Waals surface area contributed by atoms with E-state index in [9.17, 15) is 14.4 Å². The van der Waals surface area contributed by atoms with Gasteiger partial charge in [-0.2, -0.15) is 0 Å². The summed E-state index contributed by atoms with van der Waals surface area (Å²) in [6.45, 7) is 8.81. The van der Waals surface area contributed by atoms with E-state index in [2.05, 4.69) is 5.32 Å². The maximum atomic E-state index is 12.9. The Morgan fingerprint density at radius 2 is 1.89 bits per heavy atom. The largest absolute Gasteiger partial charge is 0.344 e. The van der Waals surface area contributed by atoms with Gasteiger partial charge in [-0.25, -0.2) is 0 Å². The summed E-state index contributed by atoms with van der Waals surface area (Å²) in [5.74, 6) is -0.364. The first kappa shape index (κ1) is 21.2. The number of hydrogen-bond acceptors (Lipinski definition) is 3. The third kappa shape index (κ3) is 5.01. The number of hydrogen-bond donors (Lipinski definition) is 1. The fourth-order valence-electron chi connectivity index (χ4n) is 3.23. The predicted octanol–water partition coefficient (Wildman–Crippen LogP) is 2.56. The minimum atomic E-state index is -0.546. The standard InChI is InChI=1S/C20H28ClN3O3/c1-5-17(25)22-18(13(2)3)20(27)23-10-11-24(14(4)12-23)19(26)15-8-6-7-9-16(15)21/h6-9,13-14,18H,5,10-12H2,1-4H3,(H,22,25). The van der Waals surface area contributed by atoms with Gasteiger partial charge in [0.25, 0.3) is 5.91 Å². The van der Waals surface area contributed by atoms with Crippen LogP contribution in [0.4, 0.5) is 0 Å². The molecule has 1 fully saturated rings. The topological polar surface area (TPSA) is 69.7 Å². The van der Waals surface area contributed by atoms with Crippen LogP contribution in [-0.2, 0) is 9.59 Å². The smallest absolute Gasteiger partial charge is 0.255 e. The summed E-state index contributed by atoms with van der Waals surface area (Å²) in [6.07, 6.45) is 0.340. The molecular weight excluding hydrogens is 366 g/mol.